The van der Waals surface area contributed by atoms with Gasteiger partial charge >= 0.3 is 0 Å². The molecule has 2 rings (SSSR count). The average molecular weight is 283 g/mol. The molecule has 0 aliphatic rings. The van der Waals surface area contributed by atoms with Crippen molar-refractivity contribution in [3.8, 4) is 0 Å². The van der Waals surface area contributed by atoms with Crippen LogP contribution in [0.4, 0.5) is 0 Å². The minimum absolute atomic E-state index is 0.653. The van der Waals surface area contributed by atoms with Crippen LogP contribution in [0.1, 0.15) is 47.8 Å². The Hall–Kier alpha value is -1.74. The van der Waals surface area contributed by atoms with Gasteiger partial charge in [0.25, 0.3) is 0 Å². The zero-order valence-corrected chi connectivity index (χ0v) is 13.3. The second kappa shape index (κ2) is 7.32. The second-order valence-electron chi connectivity index (χ2n) is 5.42. The van der Waals surface area contributed by atoms with E-state index in [1.807, 2.05) is 0 Å². The van der Waals surface area contributed by atoms with Gasteiger partial charge < -0.3 is 5.73 Å². The normalized spacial score (nSPS) is 10.9. The second-order valence-corrected chi connectivity index (χ2v) is 5.42. The molecule has 0 bridgehead atoms. The monoisotopic (exact) mass is 283 g/mol. The van der Waals surface area contributed by atoms with Gasteiger partial charge in [0.15, 0.2) is 0 Å². The van der Waals surface area contributed by atoms with Crippen LogP contribution in [0.3, 0.4) is 0 Å². The molecule has 0 spiro atoms. The summed E-state index contributed by atoms with van der Waals surface area (Å²) in [7, 11) is 0. The average Bonchev–Trinajstić information content (AvgIpc) is 2.48. The molecule has 2 N–H and O–H groups in total. The predicted octanol–water partition coefficient (Wildman–Crippen LogP) is 3.00. The van der Waals surface area contributed by atoms with E-state index in [0.717, 1.165) is 42.9 Å². The first kappa shape index (κ1) is 15.6. The van der Waals surface area contributed by atoms with Crippen LogP contribution in [0.25, 0.3) is 0 Å². The molecule has 2 aromatic rings. The van der Waals surface area contributed by atoms with Gasteiger partial charge in [-0.2, -0.15) is 0 Å². The van der Waals surface area contributed by atoms with Crippen LogP contribution in [0.2, 0.25) is 0 Å². The maximum Gasteiger partial charge on any atom is 0.133 e. The van der Waals surface area contributed by atoms with Crippen LogP contribution in [0.15, 0.2) is 24.3 Å². The van der Waals surface area contributed by atoms with Gasteiger partial charge in [0.1, 0.15) is 5.82 Å². The van der Waals surface area contributed by atoms with Crippen LogP contribution in [0, 0.1) is 6.92 Å². The van der Waals surface area contributed by atoms with E-state index in [-0.39, 0.29) is 0 Å². The number of rotatable bonds is 6. The molecule has 0 aliphatic heterocycles. The molecule has 0 saturated carbocycles. The van der Waals surface area contributed by atoms with Crippen molar-refractivity contribution in [3.63, 3.8) is 0 Å². The Morgan fingerprint density at radius 2 is 1.71 bits per heavy atom. The van der Waals surface area contributed by atoms with E-state index >= 15 is 0 Å². The third kappa shape index (κ3) is 3.88. The first-order valence-electron chi connectivity index (χ1n) is 7.81. The summed E-state index contributed by atoms with van der Waals surface area (Å²) in [6, 6.07) is 8.55. The minimum atomic E-state index is 0.653. The molecule has 1 heterocycles. The number of nitrogens with two attached hydrogens (primary N) is 1. The van der Waals surface area contributed by atoms with Crippen LogP contribution in [-0.4, -0.2) is 16.5 Å². The molecular formula is C18H25N3. The highest BCUT2D eigenvalue weighted by Crippen LogP contribution is 2.16. The predicted molar refractivity (Wildman–Crippen MR) is 87.5 cm³/mol. The maximum absolute atomic E-state index is 5.73. The summed E-state index contributed by atoms with van der Waals surface area (Å²) < 4.78 is 0. The number of aromatic nitrogens is 2. The van der Waals surface area contributed by atoms with Gasteiger partial charge in [-0.1, -0.05) is 43.7 Å². The molecule has 21 heavy (non-hydrogen) atoms. The van der Waals surface area contributed by atoms with E-state index in [9.17, 15) is 0 Å². The number of benzene rings is 1. The summed E-state index contributed by atoms with van der Waals surface area (Å²) in [5, 5.41) is 0. The molecule has 1 aromatic heterocycles. The van der Waals surface area contributed by atoms with Crippen molar-refractivity contribution in [2.24, 2.45) is 5.73 Å². The van der Waals surface area contributed by atoms with E-state index in [1.54, 1.807) is 0 Å². The third-order valence-corrected chi connectivity index (χ3v) is 3.73. The Morgan fingerprint density at radius 1 is 1.05 bits per heavy atom. The topological polar surface area (TPSA) is 51.8 Å². The highest BCUT2D eigenvalue weighted by atomic mass is 14.9. The van der Waals surface area contributed by atoms with Crippen molar-refractivity contribution in [1.82, 2.24) is 9.97 Å². The largest absolute Gasteiger partial charge is 0.330 e. The lowest BCUT2D eigenvalue weighted by atomic mass is 10.0. The summed E-state index contributed by atoms with van der Waals surface area (Å²) in [6.45, 7) is 7.07. The summed E-state index contributed by atoms with van der Waals surface area (Å²) in [4.78, 5) is 9.55. The first-order chi connectivity index (χ1) is 10.2. The molecular weight excluding hydrogens is 258 g/mol. The summed E-state index contributed by atoms with van der Waals surface area (Å²) in [5.41, 5.74) is 11.9. The summed E-state index contributed by atoms with van der Waals surface area (Å²) in [5.74, 6) is 0.926. The molecule has 0 fully saturated rings. The van der Waals surface area contributed by atoms with E-state index in [0.29, 0.717) is 6.54 Å². The molecule has 0 atom stereocenters. The van der Waals surface area contributed by atoms with Crippen molar-refractivity contribution in [3.05, 3.63) is 58.2 Å². The Labute approximate surface area is 127 Å². The van der Waals surface area contributed by atoms with E-state index in [2.05, 4.69) is 45.0 Å². The van der Waals surface area contributed by atoms with Crippen molar-refractivity contribution in [2.75, 3.05) is 6.54 Å². The van der Waals surface area contributed by atoms with Gasteiger partial charge in [0.2, 0.25) is 0 Å². The standard InChI is InChI=1S/C18H25N3/c1-4-16-15(9-10-19)17(5-2)21-18(20-16)12-14-8-6-7-13(3)11-14/h6-8,11H,4-5,9-10,12,19H2,1-3H3. The van der Waals surface area contributed by atoms with Gasteiger partial charge in [0.05, 0.1) is 0 Å². The fraction of sp³-hybridized carbons (Fsp3) is 0.444. The molecule has 0 aliphatic carbocycles. The number of nitrogens with zero attached hydrogens (tertiary/aromatic N) is 2. The van der Waals surface area contributed by atoms with E-state index < -0.39 is 0 Å². The van der Waals surface area contributed by atoms with Gasteiger partial charge in [-0.05, 0) is 43.9 Å². The van der Waals surface area contributed by atoms with Gasteiger partial charge in [-0.3, -0.25) is 0 Å². The molecule has 112 valence electrons. The fourth-order valence-corrected chi connectivity index (χ4v) is 2.74. The molecule has 0 unspecified atom stereocenters. The van der Waals surface area contributed by atoms with E-state index in [1.165, 1.54) is 16.7 Å². The lowest BCUT2D eigenvalue weighted by Crippen LogP contribution is -2.13. The van der Waals surface area contributed by atoms with Gasteiger partial charge in [-0.15, -0.1) is 0 Å². The number of aryl methyl sites for hydroxylation is 3. The maximum atomic E-state index is 5.73. The SMILES string of the molecule is CCc1nc(Cc2cccc(C)c2)nc(CC)c1CCN. The highest BCUT2D eigenvalue weighted by molar-refractivity contribution is 5.30. The Balaban J connectivity index is 2.36. The highest BCUT2D eigenvalue weighted by Gasteiger charge is 2.12. The van der Waals surface area contributed by atoms with Crippen LogP contribution in [0.5, 0.6) is 0 Å². The molecule has 0 amide bonds. The minimum Gasteiger partial charge on any atom is -0.330 e. The molecule has 3 nitrogen and oxygen atoms in total. The lowest BCUT2D eigenvalue weighted by molar-refractivity contribution is 0.802. The fourth-order valence-electron chi connectivity index (χ4n) is 2.74. The molecule has 1 aromatic carbocycles. The Kier molecular flexibility index (Phi) is 5.45. The third-order valence-electron chi connectivity index (χ3n) is 3.73. The van der Waals surface area contributed by atoms with Gasteiger partial charge in [0, 0.05) is 17.8 Å². The lowest BCUT2D eigenvalue weighted by Gasteiger charge is -2.13. The zero-order valence-electron chi connectivity index (χ0n) is 13.3. The Morgan fingerprint density at radius 3 is 2.24 bits per heavy atom. The number of hydrogen-bond donors (Lipinski definition) is 1. The molecule has 3 heteroatoms. The van der Waals surface area contributed by atoms with Crippen LogP contribution < -0.4 is 5.73 Å². The van der Waals surface area contributed by atoms with Crippen molar-refractivity contribution in [1.29, 1.82) is 0 Å². The van der Waals surface area contributed by atoms with E-state index in [4.69, 9.17) is 15.7 Å². The van der Waals surface area contributed by atoms with Crippen LogP contribution in [-0.2, 0) is 25.7 Å². The van der Waals surface area contributed by atoms with Crippen molar-refractivity contribution >= 4 is 0 Å². The van der Waals surface area contributed by atoms with Gasteiger partial charge in [-0.25, -0.2) is 9.97 Å². The number of hydrogen-bond acceptors (Lipinski definition) is 3. The van der Waals surface area contributed by atoms with Crippen molar-refractivity contribution < 1.29 is 0 Å². The Bertz CT molecular complexity index is 580. The quantitative estimate of drug-likeness (QED) is 0.886. The summed E-state index contributed by atoms with van der Waals surface area (Å²) in [6.07, 6.45) is 3.54. The summed E-state index contributed by atoms with van der Waals surface area (Å²) >= 11 is 0. The smallest absolute Gasteiger partial charge is 0.133 e. The zero-order chi connectivity index (χ0) is 15.2. The molecule has 0 saturated heterocycles. The van der Waals surface area contributed by atoms with Crippen LogP contribution >= 0.6 is 0 Å². The first-order valence-corrected chi connectivity index (χ1v) is 7.81. The van der Waals surface area contributed by atoms with Crippen molar-refractivity contribution in [2.45, 2.75) is 46.5 Å². The molecule has 0 radical (unpaired) electrons.